The number of hydrogen-bond donors (Lipinski definition) is 0. The number of ether oxygens (including phenoxy) is 1. The van der Waals surface area contributed by atoms with Gasteiger partial charge < -0.3 is 14.6 Å². The van der Waals surface area contributed by atoms with Gasteiger partial charge in [-0.2, -0.15) is 0 Å². The Bertz CT molecular complexity index is 1460. The SMILES string of the molecule is O=C([O-])CCSC1c2cc(/C=C/c3ccc4cc(F)c(F)cc4n3)ccc2COc2ccccc21.[Na+]. The van der Waals surface area contributed by atoms with Gasteiger partial charge in [-0.15, -0.1) is 11.8 Å². The first-order valence-corrected chi connectivity index (χ1v) is 12.1. The molecule has 0 fully saturated rings. The van der Waals surface area contributed by atoms with Crippen molar-refractivity contribution in [2.24, 2.45) is 0 Å². The summed E-state index contributed by atoms with van der Waals surface area (Å²) < 4.78 is 33.1. The van der Waals surface area contributed by atoms with E-state index in [2.05, 4.69) is 11.1 Å². The fraction of sp³-hybridized carbons (Fsp3) is 0.143. The van der Waals surface area contributed by atoms with Crippen LogP contribution in [0.2, 0.25) is 0 Å². The molecule has 1 unspecified atom stereocenters. The first kappa shape index (κ1) is 26.4. The summed E-state index contributed by atoms with van der Waals surface area (Å²) in [5.74, 6) is -1.69. The second-order valence-electron chi connectivity index (χ2n) is 8.19. The largest absolute Gasteiger partial charge is 1.00 e. The molecular formula is C28H20F2NNaO3S. The summed E-state index contributed by atoms with van der Waals surface area (Å²) in [5.41, 5.74) is 5.02. The molecule has 5 rings (SSSR count). The Labute approximate surface area is 233 Å². The van der Waals surface area contributed by atoms with E-state index in [0.717, 1.165) is 40.1 Å². The minimum absolute atomic E-state index is 0. The van der Waals surface area contributed by atoms with Crippen molar-refractivity contribution in [2.75, 3.05) is 5.75 Å². The number of aliphatic carboxylic acids is 1. The molecule has 0 saturated carbocycles. The first-order valence-electron chi connectivity index (χ1n) is 11.1. The third-order valence-corrected chi connectivity index (χ3v) is 7.11. The van der Waals surface area contributed by atoms with Crippen molar-refractivity contribution in [3.63, 3.8) is 0 Å². The number of thioether (sulfide) groups is 1. The molecule has 0 amide bonds. The molecule has 176 valence electrons. The van der Waals surface area contributed by atoms with E-state index in [0.29, 0.717) is 29.0 Å². The van der Waals surface area contributed by atoms with Crippen molar-refractivity contribution in [1.82, 2.24) is 4.98 Å². The molecule has 1 aliphatic heterocycles. The van der Waals surface area contributed by atoms with Crippen LogP contribution in [0.15, 0.2) is 66.7 Å². The average Bonchev–Trinajstić information content (AvgIpc) is 3.00. The van der Waals surface area contributed by atoms with E-state index in [-0.39, 0.29) is 41.2 Å². The Balaban J connectivity index is 0.00000304. The topological polar surface area (TPSA) is 62.2 Å². The molecule has 0 radical (unpaired) electrons. The van der Waals surface area contributed by atoms with Crippen molar-refractivity contribution in [3.8, 4) is 5.75 Å². The molecule has 0 saturated heterocycles. The van der Waals surface area contributed by atoms with Crippen LogP contribution in [0.3, 0.4) is 0 Å². The molecule has 36 heavy (non-hydrogen) atoms. The monoisotopic (exact) mass is 511 g/mol. The first-order chi connectivity index (χ1) is 17.0. The van der Waals surface area contributed by atoms with Crippen molar-refractivity contribution in [1.29, 1.82) is 0 Å². The van der Waals surface area contributed by atoms with Crippen LogP contribution < -0.4 is 39.4 Å². The molecule has 2 heterocycles. The Morgan fingerprint density at radius 2 is 1.83 bits per heavy atom. The summed E-state index contributed by atoms with van der Waals surface area (Å²) in [4.78, 5) is 15.4. The third-order valence-electron chi connectivity index (χ3n) is 5.83. The van der Waals surface area contributed by atoms with Gasteiger partial charge in [0.25, 0.3) is 0 Å². The zero-order valence-electron chi connectivity index (χ0n) is 19.5. The number of carboxylic acids is 1. The number of pyridine rings is 1. The maximum atomic E-state index is 13.6. The van der Waals surface area contributed by atoms with Gasteiger partial charge in [-0.25, -0.2) is 13.8 Å². The van der Waals surface area contributed by atoms with E-state index < -0.39 is 17.6 Å². The number of halogens is 2. The predicted molar refractivity (Wildman–Crippen MR) is 132 cm³/mol. The van der Waals surface area contributed by atoms with Gasteiger partial charge in [-0.05, 0) is 59.2 Å². The number of para-hydroxylation sites is 1. The Morgan fingerprint density at radius 1 is 1.03 bits per heavy atom. The third kappa shape index (κ3) is 5.81. The predicted octanol–water partition coefficient (Wildman–Crippen LogP) is 2.54. The molecular weight excluding hydrogens is 491 g/mol. The van der Waals surface area contributed by atoms with Gasteiger partial charge in [0.2, 0.25) is 0 Å². The number of nitrogens with zero attached hydrogens (tertiary/aromatic N) is 1. The van der Waals surface area contributed by atoms with E-state index >= 15 is 0 Å². The van der Waals surface area contributed by atoms with E-state index in [4.69, 9.17) is 4.74 Å². The number of carbonyl (C=O) groups excluding carboxylic acids is 1. The molecule has 0 aliphatic carbocycles. The molecule has 4 nitrogen and oxygen atoms in total. The van der Waals surface area contributed by atoms with Gasteiger partial charge >= 0.3 is 29.6 Å². The van der Waals surface area contributed by atoms with Gasteiger partial charge in [0.05, 0.1) is 16.5 Å². The summed E-state index contributed by atoms with van der Waals surface area (Å²) in [6.45, 7) is 0.419. The Hall–Kier alpha value is -2.71. The summed E-state index contributed by atoms with van der Waals surface area (Å²) in [6.07, 6.45) is 3.70. The van der Waals surface area contributed by atoms with Crippen LogP contribution in [0.4, 0.5) is 8.78 Å². The summed E-state index contributed by atoms with van der Waals surface area (Å²) in [6, 6.07) is 19.6. The second kappa shape index (κ2) is 11.6. The maximum absolute atomic E-state index is 13.6. The molecule has 1 atom stereocenters. The average molecular weight is 512 g/mol. The zero-order valence-corrected chi connectivity index (χ0v) is 22.4. The van der Waals surface area contributed by atoms with Gasteiger partial charge in [-0.1, -0.05) is 42.5 Å². The van der Waals surface area contributed by atoms with Crippen molar-refractivity contribution >= 4 is 40.8 Å². The van der Waals surface area contributed by atoms with Crippen LogP contribution in [0.25, 0.3) is 23.1 Å². The molecule has 1 aromatic heterocycles. The Morgan fingerprint density at radius 3 is 2.67 bits per heavy atom. The number of fused-ring (bicyclic) bond motifs is 3. The Kier molecular flexibility index (Phi) is 8.46. The van der Waals surface area contributed by atoms with Crippen LogP contribution in [0.5, 0.6) is 5.75 Å². The van der Waals surface area contributed by atoms with Crippen LogP contribution in [-0.4, -0.2) is 16.7 Å². The van der Waals surface area contributed by atoms with E-state index in [9.17, 15) is 18.7 Å². The van der Waals surface area contributed by atoms with Crippen LogP contribution in [0, 0.1) is 11.6 Å². The van der Waals surface area contributed by atoms with Crippen LogP contribution in [0.1, 0.15) is 39.6 Å². The van der Waals surface area contributed by atoms with Crippen molar-refractivity contribution < 1.29 is 53.0 Å². The maximum Gasteiger partial charge on any atom is 1.00 e. The van der Waals surface area contributed by atoms with E-state index in [1.54, 1.807) is 23.9 Å². The second-order valence-corrected chi connectivity index (χ2v) is 9.40. The fourth-order valence-electron chi connectivity index (χ4n) is 4.09. The number of carboxylic acid groups (broad SMARTS) is 1. The summed E-state index contributed by atoms with van der Waals surface area (Å²) in [7, 11) is 0. The van der Waals surface area contributed by atoms with Gasteiger partial charge in [0, 0.05) is 23.0 Å². The smallest absolute Gasteiger partial charge is 0.550 e. The molecule has 8 heteroatoms. The molecule has 0 N–H and O–H groups in total. The van der Waals surface area contributed by atoms with E-state index in [1.807, 2.05) is 48.6 Å². The normalized spacial score (nSPS) is 14.4. The van der Waals surface area contributed by atoms with Crippen molar-refractivity contribution in [3.05, 3.63) is 106 Å². The van der Waals surface area contributed by atoms with Gasteiger partial charge in [0.15, 0.2) is 11.6 Å². The zero-order chi connectivity index (χ0) is 24.4. The number of rotatable bonds is 6. The quantitative estimate of drug-likeness (QED) is 0.373. The molecule has 3 aromatic carbocycles. The van der Waals surface area contributed by atoms with Gasteiger partial charge in [0.1, 0.15) is 12.4 Å². The standard InChI is InChI=1S/C28H21F2NO3S.Na/c29-23-14-18-8-10-20(31-25(18)15-24(23)30)9-6-17-5-7-19-16-34-26-4-2-1-3-21(26)28(22(19)13-17)35-12-11-27(32)33;/h1-10,13-15,28H,11-12,16H2,(H,32,33);/q;+1/p-1/b9-6+;. The number of benzene rings is 3. The number of hydrogen-bond acceptors (Lipinski definition) is 5. The molecule has 0 bridgehead atoms. The number of aromatic nitrogens is 1. The molecule has 1 aliphatic rings. The van der Waals surface area contributed by atoms with Crippen molar-refractivity contribution in [2.45, 2.75) is 18.3 Å². The number of carbonyl (C=O) groups is 1. The summed E-state index contributed by atoms with van der Waals surface area (Å²) in [5, 5.41) is 11.4. The van der Waals surface area contributed by atoms with Gasteiger partial charge in [-0.3, -0.25) is 0 Å². The molecule has 4 aromatic rings. The van der Waals surface area contributed by atoms with Crippen LogP contribution >= 0.6 is 11.8 Å². The fourth-order valence-corrected chi connectivity index (χ4v) is 5.39. The van der Waals surface area contributed by atoms with E-state index in [1.165, 1.54) is 0 Å². The molecule has 0 spiro atoms. The minimum atomic E-state index is -1.07. The summed E-state index contributed by atoms with van der Waals surface area (Å²) >= 11 is 1.55. The van der Waals surface area contributed by atoms with Crippen LogP contribution in [-0.2, 0) is 11.4 Å². The minimum Gasteiger partial charge on any atom is -0.550 e.